The Morgan fingerprint density at radius 2 is 1.31 bits per heavy atom. The Balaban J connectivity index is 1.14. The molecule has 2 saturated heterocycles. The molecule has 18 nitrogen and oxygen atoms in total. The van der Waals surface area contributed by atoms with Gasteiger partial charge in [0.2, 0.25) is 11.8 Å². The Hall–Kier alpha value is -4.92. The van der Waals surface area contributed by atoms with Crippen LogP contribution in [0.4, 0.5) is 9.59 Å². The largest absolute Gasteiger partial charge is 0.465 e. The summed E-state index contributed by atoms with van der Waals surface area (Å²) in [7, 11) is 5.55. The second-order valence-corrected chi connectivity index (χ2v) is 15.2. The van der Waals surface area contributed by atoms with Gasteiger partial charge in [-0.25, -0.2) is 29.5 Å². The molecule has 0 saturated carbocycles. The van der Waals surface area contributed by atoms with Gasteiger partial charge in [0.05, 0.1) is 64.9 Å². The molecule has 6 rings (SSSR count). The van der Waals surface area contributed by atoms with Crippen molar-refractivity contribution in [1.82, 2.24) is 49.9 Å². The number of alkyl carbamates (subject to hydrolysis) is 1. The SMILES string of the molecule is COC(=O)N[C@H](C(=O)N1CCC[C@H]1c1ncc(-c2ncc(-c3cnc(-c4cnc([C@@H]5CCCN5C(=O)[C@H]([C@@H](C)OC)N(C)C(=O)O)[nH]4)s3)s2)[nH]1)[C@@H](C)OC. The number of imidazole rings is 2. The number of carbonyl (C=O) groups is 4. The number of nitrogens with zero attached hydrogens (tertiary/aromatic N) is 7. The highest BCUT2D eigenvalue weighted by Crippen LogP contribution is 2.39. The lowest BCUT2D eigenvalue weighted by Gasteiger charge is -2.34. The predicted octanol–water partition coefficient (Wildman–Crippen LogP) is 4.15. The van der Waals surface area contributed by atoms with Crippen LogP contribution >= 0.6 is 22.7 Å². The number of likely N-dealkylation sites (tertiary alicyclic amines) is 2. The van der Waals surface area contributed by atoms with Crippen molar-refractivity contribution >= 4 is 46.7 Å². The Morgan fingerprint density at radius 1 is 0.815 bits per heavy atom. The number of ether oxygens (including phenoxy) is 3. The molecule has 0 spiro atoms. The Kier molecular flexibility index (Phi) is 11.9. The first-order valence-electron chi connectivity index (χ1n) is 17.4. The number of rotatable bonds is 13. The van der Waals surface area contributed by atoms with Gasteiger partial charge in [-0.05, 0) is 39.5 Å². The van der Waals surface area contributed by atoms with E-state index in [4.69, 9.17) is 14.2 Å². The molecule has 54 heavy (non-hydrogen) atoms. The van der Waals surface area contributed by atoms with Gasteiger partial charge < -0.3 is 44.4 Å². The quantitative estimate of drug-likeness (QED) is 0.150. The molecule has 6 heterocycles. The minimum absolute atomic E-state index is 0.278. The number of aromatic amines is 2. The summed E-state index contributed by atoms with van der Waals surface area (Å²) < 4.78 is 15.5. The van der Waals surface area contributed by atoms with E-state index in [2.05, 4.69) is 35.2 Å². The maximum absolute atomic E-state index is 13.7. The third-order valence-corrected chi connectivity index (χ3v) is 12.2. The van der Waals surface area contributed by atoms with E-state index in [0.717, 1.165) is 32.5 Å². The summed E-state index contributed by atoms with van der Waals surface area (Å²) in [5.41, 5.74) is 1.41. The number of aromatic nitrogens is 6. The first-order chi connectivity index (χ1) is 25.9. The van der Waals surface area contributed by atoms with Crippen molar-refractivity contribution in [2.24, 2.45) is 0 Å². The molecular weight excluding hydrogens is 741 g/mol. The van der Waals surface area contributed by atoms with Crippen molar-refractivity contribution in [3.8, 4) is 31.2 Å². The first-order valence-corrected chi connectivity index (χ1v) is 19.1. The standard InChI is InChI=1S/C34H44N10O8S2/c1-17(50-4)25(41-33(47)52-6)31(45)43-11-7-9-21(43)27-35-13-19(39-27)29-37-15-23(53-29)24-16-38-30(54-24)20-14-36-28(40-20)22-10-8-12-44(22)32(46)26(18(2)51-5)42(3)34(48)49/h13-18,21-22,25-26H,7-12H2,1-6H3,(H,35,39)(H,36,40)(H,41,47)(H,48,49)/t17-,18-,21+,22+,25+,26+/m1/s1. The van der Waals surface area contributed by atoms with Gasteiger partial charge in [0, 0.05) is 46.8 Å². The average molecular weight is 785 g/mol. The van der Waals surface area contributed by atoms with E-state index in [-0.39, 0.29) is 23.9 Å². The molecule has 0 aliphatic carbocycles. The molecule has 0 aromatic carbocycles. The molecule has 0 radical (unpaired) electrons. The number of thiazole rings is 2. The van der Waals surface area contributed by atoms with Crippen LogP contribution in [0.5, 0.6) is 0 Å². The Morgan fingerprint density at radius 3 is 1.78 bits per heavy atom. The van der Waals surface area contributed by atoms with E-state index in [9.17, 15) is 24.3 Å². The van der Waals surface area contributed by atoms with E-state index >= 15 is 0 Å². The molecule has 20 heteroatoms. The number of nitrogens with one attached hydrogen (secondary N) is 3. The average Bonchev–Trinajstić information content (AvgIpc) is 4.02. The second-order valence-electron chi connectivity index (χ2n) is 13.1. The first kappa shape index (κ1) is 38.8. The number of carbonyl (C=O) groups excluding carboxylic acids is 3. The number of likely N-dealkylation sites (N-methyl/N-ethyl adjacent to an activating group) is 1. The number of H-pyrrole nitrogens is 2. The van der Waals surface area contributed by atoms with Gasteiger partial charge in [-0.15, -0.1) is 22.7 Å². The smallest absolute Gasteiger partial charge is 0.407 e. The highest BCUT2D eigenvalue weighted by molar-refractivity contribution is 7.24. The maximum Gasteiger partial charge on any atom is 0.407 e. The third-order valence-electron chi connectivity index (χ3n) is 9.96. The van der Waals surface area contributed by atoms with Crippen LogP contribution in [-0.4, -0.2) is 139 Å². The molecule has 4 aromatic rings. The summed E-state index contributed by atoms with van der Waals surface area (Å²) in [5, 5.41) is 13.6. The normalized spacial score (nSPS) is 19.4. The molecule has 2 fully saturated rings. The predicted molar refractivity (Wildman–Crippen MR) is 198 cm³/mol. The van der Waals surface area contributed by atoms with Crippen LogP contribution in [0.25, 0.3) is 31.2 Å². The number of hydrogen-bond donors (Lipinski definition) is 4. The van der Waals surface area contributed by atoms with Gasteiger partial charge in [-0.3, -0.25) is 14.5 Å². The summed E-state index contributed by atoms with van der Waals surface area (Å²) in [5.74, 6) is 0.629. The van der Waals surface area contributed by atoms with E-state index in [1.165, 1.54) is 51.1 Å². The molecule has 4 aromatic heterocycles. The summed E-state index contributed by atoms with van der Waals surface area (Å²) in [4.78, 5) is 82.4. The highest BCUT2D eigenvalue weighted by atomic mass is 32.1. The minimum Gasteiger partial charge on any atom is -0.465 e. The van der Waals surface area contributed by atoms with Gasteiger partial charge in [0.1, 0.15) is 33.7 Å². The van der Waals surface area contributed by atoms with Crippen LogP contribution in [0.15, 0.2) is 24.8 Å². The minimum atomic E-state index is -1.21. The summed E-state index contributed by atoms with van der Waals surface area (Å²) >= 11 is 2.95. The lowest BCUT2D eigenvalue weighted by Crippen LogP contribution is -2.54. The molecule has 0 unspecified atom stereocenters. The molecular formula is C34H44N10O8S2. The van der Waals surface area contributed by atoms with Crippen molar-refractivity contribution in [1.29, 1.82) is 0 Å². The van der Waals surface area contributed by atoms with Crippen molar-refractivity contribution in [3.63, 3.8) is 0 Å². The van der Waals surface area contributed by atoms with E-state index in [1.807, 2.05) is 0 Å². The molecule has 290 valence electrons. The Labute approximate surface area is 319 Å². The summed E-state index contributed by atoms with van der Waals surface area (Å²) in [6.45, 7) is 4.39. The molecule has 6 atom stereocenters. The lowest BCUT2D eigenvalue weighted by atomic mass is 10.1. The Bertz CT molecular complexity index is 1960. The van der Waals surface area contributed by atoms with Crippen LogP contribution in [0, 0.1) is 0 Å². The molecule has 2 aliphatic rings. The fraction of sp³-hybridized carbons (Fsp3) is 0.529. The molecule has 4 N–H and O–H groups in total. The second kappa shape index (κ2) is 16.6. The van der Waals surface area contributed by atoms with E-state index in [0.29, 0.717) is 54.0 Å². The zero-order valence-electron chi connectivity index (χ0n) is 30.8. The van der Waals surface area contributed by atoms with Crippen LogP contribution in [-0.2, 0) is 23.8 Å². The van der Waals surface area contributed by atoms with E-state index < -0.39 is 36.5 Å². The van der Waals surface area contributed by atoms with Gasteiger partial charge in [0.25, 0.3) is 0 Å². The van der Waals surface area contributed by atoms with Gasteiger partial charge in [-0.2, -0.15) is 0 Å². The van der Waals surface area contributed by atoms with Crippen LogP contribution in [0.2, 0.25) is 0 Å². The zero-order valence-corrected chi connectivity index (χ0v) is 32.4. The van der Waals surface area contributed by atoms with Crippen LogP contribution in [0.3, 0.4) is 0 Å². The van der Waals surface area contributed by atoms with Gasteiger partial charge >= 0.3 is 12.2 Å². The van der Waals surface area contributed by atoms with E-state index in [1.54, 1.807) is 48.4 Å². The molecule has 0 bridgehead atoms. The highest BCUT2D eigenvalue weighted by Gasteiger charge is 2.41. The fourth-order valence-corrected chi connectivity index (χ4v) is 8.69. The topological polar surface area (TPSA) is 221 Å². The zero-order chi connectivity index (χ0) is 38.7. The van der Waals surface area contributed by atoms with Crippen molar-refractivity contribution in [3.05, 3.63) is 36.4 Å². The number of amides is 4. The lowest BCUT2D eigenvalue weighted by molar-refractivity contribution is -0.141. The third kappa shape index (κ3) is 7.82. The molecule has 4 amide bonds. The van der Waals surface area contributed by atoms with Crippen molar-refractivity contribution in [2.45, 2.75) is 75.9 Å². The number of methoxy groups -OCH3 is 3. The van der Waals surface area contributed by atoms with Crippen LogP contribution < -0.4 is 5.32 Å². The van der Waals surface area contributed by atoms with Gasteiger partial charge in [-0.1, -0.05) is 0 Å². The van der Waals surface area contributed by atoms with Crippen molar-refractivity contribution in [2.75, 3.05) is 41.5 Å². The summed E-state index contributed by atoms with van der Waals surface area (Å²) in [6, 6.07) is -2.57. The fourth-order valence-electron chi connectivity index (χ4n) is 6.86. The number of carboxylic acid groups (broad SMARTS) is 1. The monoisotopic (exact) mass is 784 g/mol. The van der Waals surface area contributed by atoms with Gasteiger partial charge in [0.15, 0.2) is 0 Å². The number of hydrogen-bond acceptors (Lipinski definition) is 13. The van der Waals surface area contributed by atoms with Crippen LogP contribution in [0.1, 0.15) is 63.3 Å². The maximum atomic E-state index is 13.7. The molecule has 2 aliphatic heterocycles. The summed E-state index contributed by atoms with van der Waals surface area (Å²) in [6.07, 6.45) is 6.75. The van der Waals surface area contributed by atoms with Crippen molar-refractivity contribution < 1.29 is 38.5 Å².